The Kier molecular flexibility index (Phi) is 6.52. The number of benzene rings is 1. The van der Waals surface area contributed by atoms with Crippen LogP contribution in [-0.4, -0.2) is 77.6 Å². The van der Waals surface area contributed by atoms with E-state index in [0.29, 0.717) is 37.8 Å². The van der Waals surface area contributed by atoms with Crippen LogP contribution < -0.4 is 0 Å². The summed E-state index contributed by atoms with van der Waals surface area (Å²) >= 11 is 0. The van der Waals surface area contributed by atoms with E-state index in [1.807, 2.05) is 42.3 Å². The molecule has 1 aromatic carbocycles. The molecule has 0 spiro atoms. The predicted octanol–water partition coefficient (Wildman–Crippen LogP) is 0.785. The first-order valence-corrected chi connectivity index (χ1v) is 8.71. The van der Waals surface area contributed by atoms with Crippen LogP contribution in [0.4, 0.5) is 0 Å². The van der Waals surface area contributed by atoms with Crippen LogP contribution in [-0.2, 0) is 17.7 Å². The van der Waals surface area contributed by atoms with E-state index in [4.69, 9.17) is 9.26 Å². The minimum atomic E-state index is -0.408. The van der Waals surface area contributed by atoms with E-state index in [9.17, 15) is 5.11 Å². The van der Waals surface area contributed by atoms with Gasteiger partial charge in [-0.25, -0.2) is 0 Å². The first-order valence-electron chi connectivity index (χ1n) is 8.71. The number of hydrogen-bond donors (Lipinski definition) is 1. The first kappa shape index (κ1) is 18.0. The summed E-state index contributed by atoms with van der Waals surface area (Å²) in [6, 6.07) is 10.1. The van der Waals surface area contributed by atoms with Crippen LogP contribution in [0.5, 0.6) is 0 Å². The summed E-state index contributed by atoms with van der Waals surface area (Å²) < 4.78 is 10.7. The molecule has 0 amide bonds. The molecule has 1 aliphatic rings. The van der Waals surface area contributed by atoms with Gasteiger partial charge in [0.25, 0.3) is 0 Å². The fourth-order valence-corrected chi connectivity index (χ4v) is 3.00. The van der Waals surface area contributed by atoms with Gasteiger partial charge >= 0.3 is 0 Å². The Labute approximate surface area is 148 Å². The van der Waals surface area contributed by atoms with Crippen LogP contribution in [0.2, 0.25) is 0 Å². The maximum atomic E-state index is 10.3. The van der Waals surface area contributed by atoms with Crippen LogP contribution in [0.1, 0.15) is 17.3 Å². The third-order valence-corrected chi connectivity index (χ3v) is 4.22. The number of hydrogen-bond acceptors (Lipinski definition) is 7. The Morgan fingerprint density at radius 1 is 1.24 bits per heavy atom. The summed E-state index contributed by atoms with van der Waals surface area (Å²) in [5.74, 6) is 1.26. The number of morpholine rings is 1. The van der Waals surface area contributed by atoms with Crippen molar-refractivity contribution >= 4 is 0 Å². The number of ether oxygens (including phenoxy) is 1. The molecule has 0 radical (unpaired) electrons. The molecular formula is C18H26N4O3. The minimum Gasteiger partial charge on any atom is -0.390 e. The van der Waals surface area contributed by atoms with E-state index in [2.05, 4.69) is 15.0 Å². The van der Waals surface area contributed by atoms with Crippen LogP contribution in [0, 0.1) is 0 Å². The number of aliphatic hydroxyl groups excluding tert-OH is 1. The van der Waals surface area contributed by atoms with E-state index in [-0.39, 0.29) is 0 Å². The highest BCUT2D eigenvalue weighted by Gasteiger charge is 2.17. The van der Waals surface area contributed by atoms with Gasteiger partial charge in [-0.2, -0.15) is 4.98 Å². The molecule has 7 nitrogen and oxygen atoms in total. The predicted molar refractivity (Wildman–Crippen MR) is 93.1 cm³/mol. The topological polar surface area (TPSA) is 74.9 Å². The van der Waals surface area contributed by atoms with Crippen LogP contribution in [0.3, 0.4) is 0 Å². The molecule has 1 unspecified atom stereocenters. The first-order chi connectivity index (χ1) is 12.2. The molecule has 0 saturated carbocycles. The zero-order chi connectivity index (χ0) is 17.5. The minimum absolute atomic E-state index is 0.408. The third kappa shape index (κ3) is 5.89. The van der Waals surface area contributed by atoms with Crippen molar-refractivity contribution in [3.05, 3.63) is 47.6 Å². The molecule has 2 heterocycles. The zero-order valence-electron chi connectivity index (χ0n) is 14.7. The van der Waals surface area contributed by atoms with Crippen molar-refractivity contribution in [2.45, 2.75) is 19.1 Å². The van der Waals surface area contributed by atoms with Gasteiger partial charge in [0.15, 0.2) is 5.82 Å². The molecule has 1 N–H and O–H groups in total. The van der Waals surface area contributed by atoms with Gasteiger partial charge in [0.05, 0.1) is 25.9 Å². The highest BCUT2D eigenvalue weighted by molar-refractivity contribution is 5.18. The lowest BCUT2D eigenvalue weighted by atomic mass is 10.1. The summed E-state index contributed by atoms with van der Waals surface area (Å²) in [6.07, 6.45) is 0.253. The second kappa shape index (κ2) is 9.05. The van der Waals surface area contributed by atoms with Crippen molar-refractivity contribution in [2.75, 3.05) is 46.4 Å². The summed E-state index contributed by atoms with van der Waals surface area (Å²) in [4.78, 5) is 8.67. The number of likely N-dealkylation sites (N-methyl/N-ethyl adjacent to an activating group) is 1. The smallest absolute Gasteiger partial charge is 0.240 e. The maximum Gasteiger partial charge on any atom is 0.240 e. The van der Waals surface area contributed by atoms with Gasteiger partial charge in [-0.3, -0.25) is 9.80 Å². The van der Waals surface area contributed by atoms with E-state index >= 15 is 0 Å². The molecule has 1 saturated heterocycles. The number of aliphatic hydroxyl groups is 1. The largest absolute Gasteiger partial charge is 0.390 e. The summed E-state index contributed by atoms with van der Waals surface area (Å²) in [7, 11) is 1.95. The molecule has 1 atom stereocenters. The molecule has 0 aliphatic carbocycles. The van der Waals surface area contributed by atoms with Gasteiger partial charge in [-0.1, -0.05) is 35.5 Å². The monoisotopic (exact) mass is 346 g/mol. The molecule has 1 aromatic heterocycles. The van der Waals surface area contributed by atoms with Gasteiger partial charge < -0.3 is 14.4 Å². The van der Waals surface area contributed by atoms with Crippen molar-refractivity contribution < 1.29 is 14.4 Å². The van der Waals surface area contributed by atoms with Crippen molar-refractivity contribution in [1.29, 1.82) is 0 Å². The molecule has 1 aliphatic heterocycles. The summed E-state index contributed by atoms with van der Waals surface area (Å²) in [5, 5.41) is 14.3. The van der Waals surface area contributed by atoms with E-state index < -0.39 is 6.10 Å². The van der Waals surface area contributed by atoms with Gasteiger partial charge in [-0.05, 0) is 12.6 Å². The molecule has 1 fully saturated rings. The van der Waals surface area contributed by atoms with Crippen LogP contribution in [0.25, 0.3) is 0 Å². The van der Waals surface area contributed by atoms with E-state index in [1.165, 1.54) is 0 Å². The fraction of sp³-hybridized carbons (Fsp3) is 0.556. The van der Waals surface area contributed by atoms with E-state index in [1.54, 1.807) is 0 Å². The second-order valence-electron chi connectivity index (χ2n) is 6.53. The molecule has 0 bridgehead atoms. The summed E-state index contributed by atoms with van der Waals surface area (Å²) in [6.45, 7) is 5.01. The normalized spacial score (nSPS) is 17.1. The van der Waals surface area contributed by atoms with Gasteiger partial charge in [0.2, 0.25) is 5.89 Å². The summed E-state index contributed by atoms with van der Waals surface area (Å²) in [5.41, 5.74) is 1.16. The Hall–Kier alpha value is -1.80. The third-order valence-electron chi connectivity index (χ3n) is 4.22. The van der Waals surface area contributed by atoms with Crippen LogP contribution in [0.15, 0.2) is 34.9 Å². The Morgan fingerprint density at radius 3 is 2.76 bits per heavy atom. The number of nitrogens with zero attached hydrogens (tertiary/aromatic N) is 4. The van der Waals surface area contributed by atoms with E-state index in [0.717, 1.165) is 31.9 Å². The SMILES string of the molecule is CN(Cc1nc(Cc2ccccc2)no1)CC(O)CN1CCOCC1. The Balaban J connectivity index is 1.43. The Bertz CT molecular complexity index is 628. The van der Waals surface area contributed by atoms with Crippen LogP contribution >= 0.6 is 0 Å². The fourth-order valence-electron chi connectivity index (χ4n) is 3.00. The zero-order valence-corrected chi connectivity index (χ0v) is 14.7. The average molecular weight is 346 g/mol. The second-order valence-corrected chi connectivity index (χ2v) is 6.53. The number of rotatable bonds is 8. The van der Waals surface area contributed by atoms with Crippen molar-refractivity contribution in [3.63, 3.8) is 0 Å². The molecule has 3 rings (SSSR count). The lowest BCUT2D eigenvalue weighted by Crippen LogP contribution is -2.43. The molecule has 2 aromatic rings. The van der Waals surface area contributed by atoms with Gasteiger partial charge in [0.1, 0.15) is 0 Å². The van der Waals surface area contributed by atoms with Crippen molar-refractivity contribution in [3.8, 4) is 0 Å². The lowest BCUT2D eigenvalue weighted by molar-refractivity contribution is 0.00773. The Morgan fingerprint density at radius 2 is 2.00 bits per heavy atom. The highest BCUT2D eigenvalue weighted by Crippen LogP contribution is 2.08. The average Bonchev–Trinajstić information content (AvgIpc) is 3.03. The van der Waals surface area contributed by atoms with Crippen molar-refractivity contribution in [1.82, 2.24) is 19.9 Å². The number of β-amino-alcohol motifs (C(OH)–C–C–N with tert-alkyl or cyclic N) is 1. The molecule has 136 valence electrons. The molecular weight excluding hydrogens is 320 g/mol. The molecule has 7 heteroatoms. The van der Waals surface area contributed by atoms with Gasteiger partial charge in [0, 0.05) is 32.6 Å². The number of aromatic nitrogens is 2. The lowest BCUT2D eigenvalue weighted by Gasteiger charge is -2.29. The highest BCUT2D eigenvalue weighted by atomic mass is 16.5. The standard InChI is InChI=1S/C18H26N4O3/c1-21(12-16(23)13-22-7-9-24-10-8-22)14-18-19-17(20-25-18)11-15-5-3-2-4-6-15/h2-6,16,23H,7-14H2,1H3. The maximum absolute atomic E-state index is 10.3. The quantitative estimate of drug-likeness (QED) is 0.757. The van der Waals surface area contributed by atoms with Crippen molar-refractivity contribution in [2.24, 2.45) is 0 Å². The molecule has 25 heavy (non-hydrogen) atoms. The van der Waals surface area contributed by atoms with Gasteiger partial charge in [-0.15, -0.1) is 0 Å².